The van der Waals surface area contributed by atoms with Crippen LogP contribution in [0.2, 0.25) is 0 Å². The van der Waals surface area contributed by atoms with Gasteiger partial charge in [0, 0.05) is 13.1 Å². The van der Waals surface area contributed by atoms with E-state index >= 15 is 0 Å². The van der Waals surface area contributed by atoms with Crippen molar-refractivity contribution in [1.29, 1.82) is 0 Å². The predicted molar refractivity (Wildman–Crippen MR) is 64.8 cm³/mol. The Morgan fingerprint density at radius 3 is 2.73 bits per heavy atom. The monoisotopic (exact) mass is 203 g/mol. The zero-order valence-corrected chi connectivity index (χ0v) is 9.84. The summed E-state index contributed by atoms with van der Waals surface area (Å²) in [6.45, 7) is 6.67. The second-order valence-electron chi connectivity index (χ2n) is 4.95. The first-order chi connectivity index (χ1) is 7.24. The fourth-order valence-corrected chi connectivity index (χ4v) is 2.13. The van der Waals surface area contributed by atoms with Crippen molar-refractivity contribution >= 4 is 0 Å². The van der Waals surface area contributed by atoms with Gasteiger partial charge in [-0.3, -0.25) is 0 Å². The smallest absolute Gasteiger partial charge is 0.0205 e. The van der Waals surface area contributed by atoms with Gasteiger partial charge in [-0.1, -0.05) is 36.8 Å². The molecule has 0 unspecified atom stereocenters. The zero-order chi connectivity index (χ0) is 10.7. The highest BCUT2D eigenvalue weighted by Crippen LogP contribution is 2.47. The van der Waals surface area contributed by atoms with Gasteiger partial charge in [0.15, 0.2) is 0 Å². The summed E-state index contributed by atoms with van der Waals surface area (Å²) < 4.78 is 0. The summed E-state index contributed by atoms with van der Waals surface area (Å²) in [6, 6.07) is 8.75. The Hall–Kier alpha value is -0.820. The van der Waals surface area contributed by atoms with Crippen LogP contribution in [0.15, 0.2) is 24.3 Å². The quantitative estimate of drug-likeness (QED) is 0.774. The van der Waals surface area contributed by atoms with Crippen molar-refractivity contribution in [1.82, 2.24) is 5.32 Å². The van der Waals surface area contributed by atoms with Gasteiger partial charge in [0.1, 0.15) is 0 Å². The number of nitrogens with one attached hydrogen (secondary N) is 1. The molecule has 0 radical (unpaired) electrons. The van der Waals surface area contributed by atoms with Gasteiger partial charge < -0.3 is 5.32 Å². The van der Waals surface area contributed by atoms with Crippen molar-refractivity contribution in [3.05, 3.63) is 35.4 Å². The molecule has 0 heterocycles. The molecule has 1 aromatic carbocycles. The minimum Gasteiger partial charge on any atom is -0.312 e. The van der Waals surface area contributed by atoms with Gasteiger partial charge >= 0.3 is 0 Å². The van der Waals surface area contributed by atoms with Crippen LogP contribution in [-0.4, -0.2) is 6.54 Å². The number of rotatable bonds is 5. The Morgan fingerprint density at radius 1 is 1.33 bits per heavy atom. The van der Waals surface area contributed by atoms with Crippen LogP contribution in [0.3, 0.4) is 0 Å². The highest BCUT2D eigenvalue weighted by molar-refractivity contribution is 5.22. The van der Waals surface area contributed by atoms with E-state index in [-0.39, 0.29) is 0 Å². The van der Waals surface area contributed by atoms with Gasteiger partial charge in [0.25, 0.3) is 0 Å². The van der Waals surface area contributed by atoms with Crippen molar-refractivity contribution in [2.24, 2.45) is 5.41 Å². The maximum absolute atomic E-state index is 3.58. The average Bonchev–Trinajstić information content (AvgIpc) is 2.99. The molecule has 0 aromatic heterocycles. The summed E-state index contributed by atoms with van der Waals surface area (Å²) in [7, 11) is 0. The second-order valence-corrected chi connectivity index (χ2v) is 4.95. The Bertz CT molecular complexity index is 326. The minimum atomic E-state index is 0.657. The summed E-state index contributed by atoms with van der Waals surface area (Å²) in [5, 5.41) is 3.58. The Morgan fingerprint density at radius 2 is 2.13 bits per heavy atom. The van der Waals surface area contributed by atoms with Gasteiger partial charge in [-0.2, -0.15) is 0 Å². The van der Waals surface area contributed by atoms with E-state index in [1.54, 1.807) is 0 Å². The zero-order valence-electron chi connectivity index (χ0n) is 9.84. The lowest BCUT2D eigenvalue weighted by molar-refractivity contribution is 0.443. The highest BCUT2D eigenvalue weighted by atomic mass is 14.9. The van der Waals surface area contributed by atoms with Crippen molar-refractivity contribution < 1.29 is 0 Å². The van der Waals surface area contributed by atoms with Crippen LogP contribution in [0.25, 0.3) is 0 Å². The van der Waals surface area contributed by atoms with Crippen molar-refractivity contribution in [3.8, 4) is 0 Å². The van der Waals surface area contributed by atoms with Gasteiger partial charge in [0.2, 0.25) is 0 Å². The first-order valence-corrected chi connectivity index (χ1v) is 6.00. The van der Waals surface area contributed by atoms with E-state index in [4.69, 9.17) is 0 Å². The van der Waals surface area contributed by atoms with Gasteiger partial charge in [0.05, 0.1) is 0 Å². The third-order valence-corrected chi connectivity index (χ3v) is 3.62. The van der Waals surface area contributed by atoms with Crippen LogP contribution >= 0.6 is 0 Å². The molecule has 1 fully saturated rings. The predicted octanol–water partition coefficient (Wildman–Crippen LogP) is 3.27. The molecule has 1 nitrogen and oxygen atoms in total. The fourth-order valence-electron chi connectivity index (χ4n) is 2.13. The van der Waals surface area contributed by atoms with Crippen LogP contribution < -0.4 is 5.32 Å². The number of hydrogen-bond donors (Lipinski definition) is 1. The normalized spacial score (nSPS) is 17.7. The molecule has 1 heteroatoms. The van der Waals surface area contributed by atoms with E-state index in [1.165, 1.54) is 36.9 Å². The average molecular weight is 203 g/mol. The van der Waals surface area contributed by atoms with E-state index in [9.17, 15) is 0 Å². The molecule has 0 saturated heterocycles. The van der Waals surface area contributed by atoms with Crippen LogP contribution in [0.4, 0.5) is 0 Å². The minimum absolute atomic E-state index is 0.657. The van der Waals surface area contributed by atoms with Crippen LogP contribution in [-0.2, 0) is 6.54 Å². The van der Waals surface area contributed by atoms with Gasteiger partial charge in [-0.25, -0.2) is 0 Å². The number of benzene rings is 1. The molecule has 1 aromatic rings. The molecule has 1 saturated carbocycles. The first kappa shape index (κ1) is 10.7. The van der Waals surface area contributed by atoms with Crippen LogP contribution in [0.1, 0.15) is 37.3 Å². The maximum Gasteiger partial charge on any atom is 0.0205 e. The molecule has 15 heavy (non-hydrogen) atoms. The Labute approximate surface area is 92.9 Å². The Balaban J connectivity index is 1.78. The van der Waals surface area contributed by atoms with E-state index in [0.29, 0.717) is 5.41 Å². The number of hydrogen-bond acceptors (Lipinski definition) is 1. The second kappa shape index (κ2) is 4.36. The van der Waals surface area contributed by atoms with E-state index < -0.39 is 0 Å². The van der Waals surface area contributed by atoms with Crippen molar-refractivity contribution in [3.63, 3.8) is 0 Å². The highest BCUT2D eigenvalue weighted by Gasteiger charge is 2.39. The third-order valence-electron chi connectivity index (χ3n) is 3.62. The molecule has 0 amide bonds. The van der Waals surface area contributed by atoms with Gasteiger partial charge in [-0.15, -0.1) is 0 Å². The molecule has 0 atom stereocenters. The lowest BCUT2D eigenvalue weighted by Crippen LogP contribution is -2.23. The molecule has 1 N–H and O–H groups in total. The maximum atomic E-state index is 3.58. The van der Waals surface area contributed by atoms with Crippen LogP contribution in [0, 0.1) is 12.3 Å². The first-order valence-electron chi connectivity index (χ1n) is 6.00. The molecule has 1 aliphatic rings. The molecular formula is C14H21N. The Kier molecular flexibility index (Phi) is 3.11. The SMILES string of the molecule is CCC1(CNCc2cccc(C)c2)CC1. The van der Waals surface area contributed by atoms with E-state index in [2.05, 4.69) is 43.4 Å². The van der Waals surface area contributed by atoms with Crippen molar-refractivity contribution in [2.75, 3.05) is 6.54 Å². The van der Waals surface area contributed by atoms with E-state index in [1.807, 2.05) is 0 Å². The third kappa shape index (κ3) is 2.82. The summed E-state index contributed by atoms with van der Waals surface area (Å²) in [6.07, 6.45) is 4.17. The molecule has 0 bridgehead atoms. The topological polar surface area (TPSA) is 12.0 Å². The molecule has 1 aliphatic carbocycles. The van der Waals surface area contributed by atoms with Crippen LogP contribution in [0.5, 0.6) is 0 Å². The summed E-state index contributed by atoms with van der Waals surface area (Å²) in [4.78, 5) is 0. The van der Waals surface area contributed by atoms with E-state index in [0.717, 1.165) is 6.54 Å². The van der Waals surface area contributed by atoms with Gasteiger partial charge in [-0.05, 0) is 37.2 Å². The summed E-state index contributed by atoms with van der Waals surface area (Å²) in [5.74, 6) is 0. The van der Waals surface area contributed by atoms with Crippen molar-refractivity contribution in [2.45, 2.75) is 39.7 Å². The molecule has 2 rings (SSSR count). The lowest BCUT2D eigenvalue weighted by atomic mass is 10.0. The summed E-state index contributed by atoms with van der Waals surface area (Å²) >= 11 is 0. The fraction of sp³-hybridized carbons (Fsp3) is 0.571. The molecule has 0 spiro atoms. The molecule has 0 aliphatic heterocycles. The molecular weight excluding hydrogens is 182 g/mol. The standard InChI is InChI=1S/C14H21N/c1-3-14(7-8-14)11-15-10-13-6-4-5-12(2)9-13/h4-6,9,15H,3,7-8,10-11H2,1-2H3. The number of aryl methyl sites for hydroxylation is 1. The largest absolute Gasteiger partial charge is 0.312 e. The molecule has 82 valence electrons. The summed E-state index contributed by atoms with van der Waals surface area (Å²) in [5.41, 5.74) is 3.41. The lowest BCUT2D eigenvalue weighted by Gasteiger charge is -2.13.